The van der Waals surface area contributed by atoms with Gasteiger partial charge in [0.1, 0.15) is 0 Å². The van der Waals surface area contributed by atoms with Crippen molar-refractivity contribution in [2.75, 3.05) is 59.9 Å². The molecule has 0 aliphatic carbocycles. The second-order valence-electron chi connectivity index (χ2n) is 6.19. The van der Waals surface area contributed by atoms with E-state index in [2.05, 4.69) is 41.0 Å². The van der Waals surface area contributed by atoms with Crippen LogP contribution < -0.4 is 5.32 Å². The molecule has 2 unspecified atom stereocenters. The molecule has 0 bridgehead atoms. The van der Waals surface area contributed by atoms with Crippen LogP contribution in [0.5, 0.6) is 0 Å². The first kappa shape index (κ1) is 14.3. The Labute approximate surface area is 112 Å². The van der Waals surface area contributed by atoms with Gasteiger partial charge in [0.25, 0.3) is 0 Å². The molecular weight excluding hydrogens is 224 g/mol. The van der Waals surface area contributed by atoms with Crippen molar-refractivity contribution < 1.29 is 0 Å². The predicted molar refractivity (Wildman–Crippen MR) is 77.1 cm³/mol. The van der Waals surface area contributed by atoms with Crippen molar-refractivity contribution in [3.63, 3.8) is 0 Å². The summed E-state index contributed by atoms with van der Waals surface area (Å²) in [5.41, 5.74) is 0. The standard InChI is InChI=1S/C14H30N4/c1-13-5-8-18(7-4-6-15-13)12-14-11-16(2)9-10-17(14)3/h13-15H,4-12H2,1-3H3. The number of nitrogens with one attached hydrogen (secondary N) is 1. The number of hydrogen-bond acceptors (Lipinski definition) is 4. The van der Waals surface area contributed by atoms with Gasteiger partial charge < -0.3 is 15.1 Å². The van der Waals surface area contributed by atoms with E-state index in [1.165, 1.54) is 58.7 Å². The van der Waals surface area contributed by atoms with E-state index in [1.54, 1.807) is 0 Å². The van der Waals surface area contributed by atoms with Gasteiger partial charge in [0.15, 0.2) is 0 Å². The summed E-state index contributed by atoms with van der Waals surface area (Å²) in [7, 11) is 4.53. The summed E-state index contributed by atoms with van der Waals surface area (Å²) in [4.78, 5) is 7.69. The molecule has 0 aromatic heterocycles. The number of nitrogens with zero attached hydrogens (tertiary/aromatic N) is 3. The zero-order valence-corrected chi connectivity index (χ0v) is 12.4. The third kappa shape index (κ3) is 4.19. The molecule has 0 aromatic rings. The van der Waals surface area contributed by atoms with Gasteiger partial charge in [-0.1, -0.05) is 0 Å². The van der Waals surface area contributed by atoms with E-state index in [0.717, 1.165) is 0 Å². The SMILES string of the molecule is CC1CCN(CC2CN(C)CCN2C)CCCN1. The van der Waals surface area contributed by atoms with Crippen molar-refractivity contribution in [1.29, 1.82) is 0 Å². The van der Waals surface area contributed by atoms with E-state index in [9.17, 15) is 0 Å². The van der Waals surface area contributed by atoms with Crippen LogP contribution >= 0.6 is 0 Å². The normalized spacial score (nSPS) is 34.2. The molecular formula is C14H30N4. The second kappa shape index (κ2) is 6.85. The van der Waals surface area contributed by atoms with Gasteiger partial charge in [0, 0.05) is 38.3 Å². The molecule has 2 heterocycles. The fourth-order valence-electron chi connectivity index (χ4n) is 3.02. The fourth-order valence-corrected chi connectivity index (χ4v) is 3.02. The maximum atomic E-state index is 3.58. The minimum absolute atomic E-state index is 0.680. The smallest absolute Gasteiger partial charge is 0.0347 e. The van der Waals surface area contributed by atoms with Crippen molar-refractivity contribution in [1.82, 2.24) is 20.0 Å². The highest BCUT2D eigenvalue weighted by molar-refractivity contribution is 4.82. The van der Waals surface area contributed by atoms with Crippen LogP contribution in [0.2, 0.25) is 0 Å². The quantitative estimate of drug-likeness (QED) is 0.765. The van der Waals surface area contributed by atoms with Crippen LogP contribution in [0.25, 0.3) is 0 Å². The third-order valence-electron chi connectivity index (χ3n) is 4.47. The lowest BCUT2D eigenvalue weighted by molar-refractivity contribution is 0.0789. The zero-order valence-electron chi connectivity index (χ0n) is 12.4. The summed E-state index contributed by atoms with van der Waals surface area (Å²) >= 11 is 0. The lowest BCUT2D eigenvalue weighted by Crippen LogP contribution is -2.55. The van der Waals surface area contributed by atoms with Crippen LogP contribution in [0.15, 0.2) is 0 Å². The largest absolute Gasteiger partial charge is 0.314 e. The maximum Gasteiger partial charge on any atom is 0.0347 e. The zero-order chi connectivity index (χ0) is 13.0. The topological polar surface area (TPSA) is 21.8 Å². The van der Waals surface area contributed by atoms with Crippen LogP contribution in [0.1, 0.15) is 19.8 Å². The van der Waals surface area contributed by atoms with Gasteiger partial charge in [-0.2, -0.15) is 0 Å². The number of hydrogen-bond donors (Lipinski definition) is 1. The van der Waals surface area contributed by atoms with Crippen molar-refractivity contribution in [2.45, 2.75) is 31.8 Å². The van der Waals surface area contributed by atoms with Gasteiger partial charge in [-0.05, 0) is 53.5 Å². The summed E-state index contributed by atoms with van der Waals surface area (Å²) in [6.45, 7) is 10.9. The summed E-state index contributed by atoms with van der Waals surface area (Å²) in [6.07, 6.45) is 2.57. The van der Waals surface area contributed by atoms with E-state index in [-0.39, 0.29) is 0 Å². The first-order valence-electron chi connectivity index (χ1n) is 7.49. The number of likely N-dealkylation sites (N-methyl/N-ethyl adjacent to an activating group) is 2. The molecule has 4 heteroatoms. The van der Waals surface area contributed by atoms with Crippen LogP contribution in [-0.2, 0) is 0 Å². The van der Waals surface area contributed by atoms with Gasteiger partial charge in [0.2, 0.25) is 0 Å². The van der Waals surface area contributed by atoms with E-state index < -0.39 is 0 Å². The lowest BCUT2D eigenvalue weighted by atomic mass is 10.1. The Morgan fingerprint density at radius 3 is 2.78 bits per heavy atom. The highest BCUT2D eigenvalue weighted by Crippen LogP contribution is 2.10. The van der Waals surface area contributed by atoms with E-state index in [0.29, 0.717) is 12.1 Å². The maximum absolute atomic E-state index is 3.58. The van der Waals surface area contributed by atoms with Crippen LogP contribution in [-0.4, -0.2) is 86.7 Å². The third-order valence-corrected chi connectivity index (χ3v) is 4.47. The monoisotopic (exact) mass is 254 g/mol. The van der Waals surface area contributed by atoms with Gasteiger partial charge in [-0.25, -0.2) is 0 Å². The molecule has 2 fully saturated rings. The van der Waals surface area contributed by atoms with E-state index in [1.807, 2.05) is 0 Å². The van der Waals surface area contributed by atoms with Gasteiger partial charge in [0.05, 0.1) is 0 Å². The Hall–Kier alpha value is -0.160. The molecule has 1 N–H and O–H groups in total. The molecule has 2 aliphatic rings. The Bertz CT molecular complexity index is 246. The molecule has 2 saturated heterocycles. The predicted octanol–water partition coefficient (Wildman–Crippen LogP) is 0.306. The van der Waals surface area contributed by atoms with Crippen molar-refractivity contribution >= 4 is 0 Å². The first-order valence-corrected chi connectivity index (χ1v) is 7.49. The van der Waals surface area contributed by atoms with Gasteiger partial charge >= 0.3 is 0 Å². The molecule has 0 radical (unpaired) electrons. The Morgan fingerprint density at radius 1 is 1.11 bits per heavy atom. The summed E-state index contributed by atoms with van der Waals surface area (Å²) in [5, 5.41) is 3.58. The van der Waals surface area contributed by atoms with Gasteiger partial charge in [-0.15, -0.1) is 0 Å². The van der Waals surface area contributed by atoms with Crippen LogP contribution in [0.4, 0.5) is 0 Å². The molecule has 0 aromatic carbocycles. The molecule has 2 rings (SSSR count). The Morgan fingerprint density at radius 2 is 1.94 bits per heavy atom. The molecule has 106 valence electrons. The van der Waals surface area contributed by atoms with Crippen molar-refractivity contribution in [3.05, 3.63) is 0 Å². The average molecular weight is 254 g/mol. The molecule has 0 spiro atoms. The Balaban J connectivity index is 1.82. The highest BCUT2D eigenvalue weighted by Gasteiger charge is 2.24. The number of piperazine rings is 1. The van der Waals surface area contributed by atoms with Crippen molar-refractivity contribution in [3.8, 4) is 0 Å². The molecule has 0 saturated carbocycles. The molecule has 4 nitrogen and oxygen atoms in total. The average Bonchev–Trinajstić information content (AvgIpc) is 2.33. The number of rotatable bonds is 2. The highest BCUT2D eigenvalue weighted by atomic mass is 15.3. The van der Waals surface area contributed by atoms with Crippen LogP contribution in [0, 0.1) is 0 Å². The lowest BCUT2D eigenvalue weighted by Gasteiger charge is -2.40. The second-order valence-corrected chi connectivity index (χ2v) is 6.19. The minimum atomic E-state index is 0.680. The minimum Gasteiger partial charge on any atom is -0.314 e. The van der Waals surface area contributed by atoms with E-state index >= 15 is 0 Å². The Kier molecular flexibility index (Phi) is 5.42. The fraction of sp³-hybridized carbons (Fsp3) is 1.00. The molecule has 18 heavy (non-hydrogen) atoms. The molecule has 2 aliphatic heterocycles. The molecule has 2 atom stereocenters. The summed E-state index contributed by atoms with van der Waals surface area (Å²) in [5.74, 6) is 0. The summed E-state index contributed by atoms with van der Waals surface area (Å²) < 4.78 is 0. The van der Waals surface area contributed by atoms with Gasteiger partial charge in [-0.3, -0.25) is 4.90 Å². The first-order chi connectivity index (χ1) is 8.65. The van der Waals surface area contributed by atoms with Crippen LogP contribution in [0.3, 0.4) is 0 Å². The van der Waals surface area contributed by atoms with Crippen molar-refractivity contribution in [2.24, 2.45) is 0 Å². The summed E-state index contributed by atoms with van der Waals surface area (Å²) in [6, 6.07) is 1.39. The molecule has 0 amide bonds. The van der Waals surface area contributed by atoms with E-state index in [4.69, 9.17) is 0 Å².